The third-order valence-corrected chi connectivity index (χ3v) is 7.95. The Morgan fingerprint density at radius 1 is 1.25 bits per heavy atom. The number of nitrogen functional groups attached to an aromatic ring is 1. The molecule has 3 N–H and O–H groups in total. The lowest BCUT2D eigenvalue weighted by molar-refractivity contribution is 0.0700. The highest BCUT2D eigenvalue weighted by Crippen LogP contribution is 2.50. The predicted molar refractivity (Wildman–Crippen MR) is 135 cm³/mol. The maximum Gasteiger partial charge on any atom is 0.412 e. The Kier molecular flexibility index (Phi) is 5.40. The molecule has 0 unspecified atom stereocenters. The Bertz CT molecular complexity index is 1500. The minimum atomic E-state index is -0.568. The molecule has 1 aliphatic carbocycles. The number of carbonyl (C=O) groups is 2. The monoisotopic (exact) mass is 505 g/mol. The number of hydrogen-bond acceptors (Lipinski definition) is 6. The number of rotatable bonds is 5. The molecule has 0 radical (unpaired) electrons. The number of ether oxygens (including phenoxy) is 1. The number of para-hydroxylation sites is 1. The number of thiazole rings is 1. The Morgan fingerprint density at radius 3 is 2.92 bits per heavy atom. The van der Waals surface area contributed by atoms with Gasteiger partial charge in [-0.25, -0.2) is 14.2 Å². The smallest absolute Gasteiger partial charge is 0.408 e. The van der Waals surface area contributed by atoms with Crippen molar-refractivity contribution in [2.75, 3.05) is 18.8 Å². The van der Waals surface area contributed by atoms with Gasteiger partial charge >= 0.3 is 6.09 Å². The number of halogens is 1. The average Bonchev–Trinajstić information content (AvgIpc) is 3.21. The van der Waals surface area contributed by atoms with E-state index in [0.29, 0.717) is 34.6 Å². The van der Waals surface area contributed by atoms with E-state index in [2.05, 4.69) is 10.3 Å². The van der Waals surface area contributed by atoms with E-state index in [1.165, 1.54) is 12.1 Å². The molecular formula is C26H24FN5O3S. The van der Waals surface area contributed by atoms with Crippen LogP contribution in [0, 0.1) is 17.7 Å². The fourth-order valence-corrected chi connectivity index (χ4v) is 6.04. The van der Waals surface area contributed by atoms with E-state index in [4.69, 9.17) is 10.5 Å². The summed E-state index contributed by atoms with van der Waals surface area (Å²) in [5.74, 6) is 0.548. The van der Waals surface area contributed by atoms with E-state index in [9.17, 15) is 14.0 Å². The molecule has 2 aromatic carbocycles. The molecule has 6 rings (SSSR count). The number of benzene rings is 2. The van der Waals surface area contributed by atoms with E-state index in [0.717, 1.165) is 28.7 Å². The highest BCUT2D eigenvalue weighted by Gasteiger charge is 2.54. The van der Waals surface area contributed by atoms with Crippen LogP contribution in [0.4, 0.5) is 14.3 Å². The third kappa shape index (κ3) is 3.97. The Labute approximate surface area is 210 Å². The van der Waals surface area contributed by atoms with Gasteiger partial charge in [0, 0.05) is 31.7 Å². The van der Waals surface area contributed by atoms with E-state index in [1.807, 2.05) is 35.9 Å². The van der Waals surface area contributed by atoms with Gasteiger partial charge in [0.2, 0.25) is 0 Å². The number of piperidine rings is 1. The van der Waals surface area contributed by atoms with Crippen LogP contribution in [0.2, 0.25) is 0 Å². The van der Waals surface area contributed by atoms with Crippen molar-refractivity contribution in [1.82, 2.24) is 19.8 Å². The van der Waals surface area contributed by atoms with Crippen molar-refractivity contribution in [3.63, 3.8) is 0 Å². The maximum absolute atomic E-state index is 13.8. The van der Waals surface area contributed by atoms with Crippen LogP contribution in [-0.2, 0) is 7.05 Å². The standard InChI is InChI=1S/C26H24FN5O3S/c1-31-13-21(17-7-2-3-8-19(17)31)35-26(34)29-11-20-18-10-15(18)12-32(20)24(33)22-23(36-25(28)30-22)14-5-4-6-16(27)9-14/h2-9,13,15,18,20H,10-12H2,1H3,(H2,28,30)(H,29,34)/t15-,18-,20+/m0/s1. The summed E-state index contributed by atoms with van der Waals surface area (Å²) in [6.45, 7) is 0.861. The molecule has 2 aromatic heterocycles. The van der Waals surface area contributed by atoms with Gasteiger partial charge in [-0.05, 0) is 48.1 Å². The molecule has 2 amide bonds. The Balaban J connectivity index is 1.18. The van der Waals surface area contributed by atoms with Crippen molar-refractivity contribution < 1.29 is 18.7 Å². The minimum Gasteiger partial charge on any atom is -0.408 e. The Morgan fingerprint density at radius 2 is 2.08 bits per heavy atom. The molecule has 36 heavy (non-hydrogen) atoms. The number of carbonyl (C=O) groups excluding carboxylic acids is 2. The lowest BCUT2D eigenvalue weighted by Gasteiger charge is -2.27. The number of hydrogen-bond donors (Lipinski definition) is 2. The molecule has 0 bridgehead atoms. The van der Waals surface area contributed by atoms with Crippen LogP contribution in [0.1, 0.15) is 16.9 Å². The second kappa shape index (κ2) is 8.63. The quantitative estimate of drug-likeness (QED) is 0.422. The van der Waals surface area contributed by atoms with Gasteiger partial charge in [-0.1, -0.05) is 35.6 Å². The molecule has 1 saturated carbocycles. The topological polar surface area (TPSA) is 102 Å². The van der Waals surface area contributed by atoms with E-state index < -0.39 is 11.9 Å². The first kappa shape index (κ1) is 22.5. The zero-order valence-electron chi connectivity index (χ0n) is 19.5. The normalized spacial score (nSPS) is 20.4. The summed E-state index contributed by atoms with van der Waals surface area (Å²) in [6, 6.07) is 13.6. The molecule has 2 aliphatic rings. The van der Waals surface area contributed by atoms with Gasteiger partial charge in [0.15, 0.2) is 10.9 Å². The molecule has 4 aromatic rings. The zero-order chi connectivity index (χ0) is 25.0. The van der Waals surface area contributed by atoms with E-state index in [1.54, 1.807) is 23.2 Å². The summed E-state index contributed by atoms with van der Waals surface area (Å²) < 4.78 is 21.3. The molecule has 8 nitrogen and oxygen atoms in total. The fourth-order valence-electron chi connectivity index (χ4n) is 5.22. The number of nitrogens with two attached hydrogens (primary N) is 1. The summed E-state index contributed by atoms with van der Waals surface area (Å²) in [5.41, 5.74) is 7.68. The summed E-state index contributed by atoms with van der Waals surface area (Å²) in [4.78, 5) is 32.8. The highest BCUT2D eigenvalue weighted by molar-refractivity contribution is 7.19. The largest absolute Gasteiger partial charge is 0.412 e. The number of nitrogens with one attached hydrogen (secondary N) is 1. The van der Waals surface area contributed by atoms with Gasteiger partial charge in [-0.3, -0.25) is 4.79 Å². The molecule has 3 atom stereocenters. The van der Waals surface area contributed by atoms with Crippen molar-refractivity contribution >= 4 is 39.4 Å². The van der Waals surface area contributed by atoms with E-state index in [-0.39, 0.29) is 29.3 Å². The van der Waals surface area contributed by atoms with Crippen molar-refractivity contribution in [2.45, 2.75) is 12.5 Å². The minimum absolute atomic E-state index is 0.175. The SMILES string of the molecule is Cn1cc(OC(=O)NC[C@@H]2[C@H]3C[C@H]3CN2C(=O)c2nc(N)sc2-c2cccc(F)c2)c2ccccc21. The zero-order valence-corrected chi connectivity index (χ0v) is 20.3. The van der Waals surface area contributed by atoms with Gasteiger partial charge in [0.05, 0.1) is 16.4 Å². The van der Waals surface area contributed by atoms with Gasteiger partial charge in [-0.2, -0.15) is 0 Å². The molecule has 184 valence electrons. The first-order valence-electron chi connectivity index (χ1n) is 11.7. The lowest BCUT2D eigenvalue weighted by atomic mass is 10.1. The summed E-state index contributed by atoms with van der Waals surface area (Å²) in [7, 11) is 1.89. The van der Waals surface area contributed by atoms with Crippen LogP contribution in [0.3, 0.4) is 0 Å². The second-order valence-corrected chi connectivity index (χ2v) is 10.3. The number of likely N-dealkylation sites (tertiary alicyclic amines) is 1. The average molecular weight is 506 g/mol. The fraction of sp³-hybridized carbons (Fsp3) is 0.269. The number of anilines is 1. The maximum atomic E-state index is 13.8. The molecule has 1 saturated heterocycles. The Hall–Kier alpha value is -3.92. The number of aromatic nitrogens is 2. The van der Waals surface area contributed by atoms with Crippen LogP contribution in [-0.4, -0.2) is 45.6 Å². The van der Waals surface area contributed by atoms with Crippen molar-refractivity contribution in [3.05, 3.63) is 66.2 Å². The van der Waals surface area contributed by atoms with Crippen LogP contribution >= 0.6 is 11.3 Å². The third-order valence-electron chi connectivity index (χ3n) is 7.02. The van der Waals surface area contributed by atoms with Crippen LogP contribution < -0.4 is 15.8 Å². The highest BCUT2D eigenvalue weighted by atomic mass is 32.1. The van der Waals surface area contributed by atoms with E-state index >= 15 is 0 Å². The molecule has 0 spiro atoms. The van der Waals surface area contributed by atoms with Crippen molar-refractivity contribution in [2.24, 2.45) is 18.9 Å². The molecule has 1 aliphatic heterocycles. The lowest BCUT2D eigenvalue weighted by Crippen LogP contribution is -2.46. The number of amides is 2. The summed E-state index contributed by atoms with van der Waals surface area (Å²) in [5, 5.41) is 3.94. The molecule has 3 heterocycles. The molecular weight excluding hydrogens is 481 g/mol. The van der Waals surface area contributed by atoms with Crippen LogP contribution in [0.5, 0.6) is 5.75 Å². The van der Waals surface area contributed by atoms with Crippen LogP contribution in [0.25, 0.3) is 21.3 Å². The van der Waals surface area contributed by atoms with Gasteiger partial charge < -0.3 is 25.3 Å². The second-order valence-electron chi connectivity index (χ2n) is 9.32. The molecule has 2 fully saturated rings. The van der Waals surface area contributed by atoms with Gasteiger partial charge in [0.1, 0.15) is 11.5 Å². The predicted octanol–water partition coefficient (Wildman–Crippen LogP) is 4.27. The summed E-state index contributed by atoms with van der Waals surface area (Å²) >= 11 is 1.16. The van der Waals surface area contributed by atoms with Gasteiger partial charge in [-0.15, -0.1) is 0 Å². The van der Waals surface area contributed by atoms with Gasteiger partial charge in [0.25, 0.3) is 5.91 Å². The van der Waals surface area contributed by atoms with Crippen molar-refractivity contribution in [3.8, 4) is 16.2 Å². The number of fused-ring (bicyclic) bond motifs is 2. The van der Waals surface area contributed by atoms with Crippen LogP contribution in [0.15, 0.2) is 54.7 Å². The first-order chi connectivity index (χ1) is 17.4. The van der Waals surface area contributed by atoms with Crippen molar-refractivity contribution in [1.29, 1.82) is 0 Å². The summed E-state index contributed by atoms with van der Waals surface area (Å²) in [6.07, 6.45) is 2.22. The first-order valence-corrected chi connectivity index (χ1v) is 12.5. The number of aryl methyl sites for hydroxylation is 1. The molecule has 10 heteroatoms. The number of nitrogens with zero attached hydrogens (tertiary/aromatic N) is 3.